The monoisotopic (exact) mass is 361 g/mol. The molecule has 3 aromatic rings. The zero-order valence-corrected chi connectivity index (χ0v) is 13.9. The van der Waals surface area contributed by atoms with Crippen molar-refractivity contribution in [2.75, 3.05) is 18.0 Å². The zero-order valence-electron chi connectivity index (χ0n) is 13.9. The van der Waals surface area contributed by atoms with Gasteiger partial charge in [0.25, 0.3) is 12.0 Å². The molecule has 1 saturated heterocycles. The van der Waals surface area contributed by atoms with Gasteiger partial charge in [-0.1, -0.05) is 0 Å². The molecule has 7 nitrogen and oxygen atoms in total. The minimum absolute atomic E-state index is 0.270. The van der Waals surface area contributed by atoms with Crippen LogP contribution in [0.5, 0.6) is 0 Å². The van der Waals surface area contributed by atoms with Crippen LogP contribution in [0.4, 0.5) is 14.6 Å². The number of nitrogens with zero attached hydrogens (tertiary/aromatic N) is 5. The van der Waals surface area contributed by atoms with Crippen LogP contribution in [-0.2, 0) is 6.54 Å². The van der Waals surface area contributed by atoms with E-state index >= 15 is 0 Å². The summed E-state index contributed by atoms with van der Waals surface area (Å²) in [5.41, 5.74) is -0.198. The van der Waals surface area contributed by atoms with Gasteiger partial charge in [0.2, 0.25) is 0 Å². The normalized spacial score (nSPS) is 15.9. The second-order valence-electron chi connectivity index (χ2n) is 6.41. The molecule has 26 heavy (non-hydrogen) atoms. The Kier molecular flexibility index (Phi) is 4.36. The highest BCUT2D eigenvalue weighted by Crippen LogP contribution is 2.28. The fraction of sp³-hybridized carbons (Fsp3) is 0.412. The quantitative estimate of drug-likeness (QED) is 0.711. The maximum atomic E-state index is 12.6. The molecule has 1 fully saturated rings. The largest absolute Gasteiger partial charge is 0.460 e. The Morgan fingerprint density at radius 2 is 2.12 bits per heavy atom. The van der Waals surface area contributed by atoms with Gasteiger partial charge in [0.15, 0.2) is 11.4 Å². The number of halogens is 2. The van der Waals surface area contributed by atoms with Crippen molar-refractivity contribution in [1.82, 2.24) is 19.7 Å². The first-order chi connectivity index (χ1) is 12.6. The fourth-order valence-corrected chi connectivity index (χ4v) is 3.30. The number of aromatic nitrogens is 4. The molecule has 9 heteroatoms. The molecule has 4 heterocycles. The van der Waals surface area contributed by atoms with Crippen LogP contribution in [0.3, 0.4) is 0 Å². The van der Waals surface area contributed by atoms with Crippen LogP contribution >= 0.6 is 0 Å². The first-order valence-corrected chi connectivity index (χ1v) is 8.40. The van der Waals surface area contributed by atoms with Gasteiger partial charge < -0.3 is 9.32 Å². The van der Waals surface area contributed by atoms with Crippen molar-refractivity contribution in [3.8, 4) is 0 Å². The summed E-state index contributed by atoms with van der Waals surface area (Å²) < 4.78 is 32.1. The number of alkyl halides is 2. The predicted molar refractivity (Wildman–Crippen MR) is 90.2 cm³/mol. The number of piperidine rings is 1. The van der Waals surface area contributed by atoms with Crippen LogP contribution in [-0.4, -0.2) is 32.8 Å². The van der Waals surface area contributed by atoms with Gasteiger partial charge in [-0.3, -0.25) is 9.36 Å². The molecule has 0 amide bonds. The standard InChI is InChI=1S/C17H17F2N5O2/c18-16(19)13-7-14(25)24(10-20-13)9-11-1-4-23(5-2-11)17-15-12(3-6-26-15)8-21-22-17/h3,6-8,10-11,16H,1-2,4-5,9H2. The SMILES string of the molecule is O=c1cc(C(F)F)ncn1CC1CCN(c2nncc3ccoc23)CC1. The average molecular weight is 361 g/mol. The number of hydrogen-bond acceptors (Lipinski definition) is 6. The zero-order chi connectivity index (χ0) is 18.1. The summed E-state index contributed by atoms with van der Waals surface area (Å²) in [4.78, 5) is 17.8. The van der Waals surface area contributed by atoms with Crippen molar-refractivity contribution in [2.45, 2.75) is 25.8 Å². The van der Waals surface area contributed by atoms with Gasteiger partial charge in [0.05, 0.1) is 18.8 Å². The summed E-state index contributed by atoms with van der Waals surface area (Å²) in [6.07, 6.45) is 3.46. The van der Waals surface area contributed by atoms with Gasteiger partial charge in [-0.15, -0.1) is 5.10 Å². The third-order valence-corrected chi connectivity index (χ3v) is 4.74. The van der Waals surface area contributed by atoms with Crippen LogP contribution in [0.25, 0.3) is 11.0 Å². The van der Waals surface area contributed by atoms with Crippen LogP contribution in [0.15, 0.2) is 40.1 Å². The van der Waals surface area contributed by atoms with Gasteiger partial charge in [-0.05, 0) is 24.8 Å². The van der Waals surface area contributed by atoms with Crippen molar-refractivity contribution in [2.24, 2.45) is 5.92 Å². The van der Waals surface area contributed by atoms with Crippen molar-refractivity contribution in [3.05, 3.63) is 47.0 Å². The van der Waals surface area contributed by atoms with Gasteiger partial charge in [-0.2, -0.15) is 5.10 Å². The Hall–Kier alpha value is -2.84. The number of furan rings is 1. The summed E-state index contributed by atoms with van der Waals surface area (Å²) in [5, 5.41) is 9.12. The Labute approximate surface area is 147 Å². The van der Waals surface area contributed by atoms with Crippen molar-refractivity contribution in [1.29, 1.82) is 0 Å². The third kappa shape index (κ3) is 3.16. The molecule has 4 rings (SSSR count). The van der Waals surface area contributed by atoms with E-state index in [0.717, 1.165) is 48.8 Å². The molecule has 0 atom stereocenters. The molecule has 0 spiro atoms. The number of fused-ring (bicyclic) bond motifs is 1. The molecule has 1 aliphatic heterocycles. The fourth-order valence-electron chi connectivity index (χ4n) is 3.30. The van der Waals surface area contributed by atoms with E-state index in [1.165, 1.54) is 10.9 Å². The lowest BCUT2D eigenvalue weighted by Gasteiger charge is -2.32. The second kappa shape index (κ2) is 6.81. The van der Waals surface area contributed by atoms with Gasteiger partial charge in [-0.25, -0.2) is 13.8 Å². The smallest absolute Gasteiger partial charge is 0.280 e. The number of rotatable bonds is 4. The molecule has 0 aliphatic carbocycles. The highest BCUT2D eigenvalue weighted by Gasteiger charge is 2.23. The van der Waals surface area contributed by atoms with E-state index < -0.39 is 17.7 Å². The Morgan fingerprint density at radius 3 is 2.85 bits per heavy atom. The molecule has 0 radical (unpaired) electrons. The van der Waals surface area contributed by atoms with Gasteiger partial charge in [0.1, 0.15) is 5.69 Å². The average Bonchev–Trinajstić information content (AvgIpc) is 3.13. The van der Waals surface area contributed by atoms with E-state index in [2.05, 4.69) is 20.1 Å². The lowest BCUT2D eigenvalue weighted by molar-refractivity contribution is 0.145. The van der Waals surface area contributed by atoms with E-state index in [1.807, 2.05) is 6.07 Å². The van der Waals surface area contributed by atoms with Crippen molar-refractivity contribution < 1.29 is 13.2 Å². The molecule has 1 aliphatic rings. The molecule has 136 valence electrons. The first kappa shape index (κ1) is 16.6. The number of anilines is 1. The Morgan fingerprint density at radius 1 is 1.31 bits per heavy atom. The minimum Gasteiger partial charge on any atom is -0.460 e. The highest BCUT2D eigenvalue weighted by atomic mass is 19.3. The van der Waals surface area contributed by atoms with E-state index in [9.17, 15) is 13.6 Å². The Bertz CT molecular complexity index is 963. The molecular formula is C17H17F2N5O2. The molecule has 0 aromatic carbocycles. The molecule has 0 saturated carbocycles. The summed E-state index contributed by atoms with van der Waals surface area (Å²) >= 11 is 0. The molecular weight excluding hydrogens is 344 g/mol. The summed E-state index contributed by atoms with van der Waals surface area (Å²) in [7, 11) is 0. The topological polar surface area (TPSA) is 77.1 Å². The van der Waals surface area contributed by atoms with E-state index in [4.69, 9.17) is 4.42 Å². The molecule has 0 bridgehead atoms. The maximum absolute atomic E-state index is 12.6. The number of hydrogen-bond donors (Lipinski definition) is 0. The molecule has 0 N–H and O–H groups in total. The maximum Gasteiger partial charge on any atom is 0.280 e. The van der Waals surface area contributed by atoms with E-state index in [-0.39, 0.29) is 5.92 Å². The van der Waals surface area contributed by atoms with E-state index in [0.29, 0.717) is 6.54 Å². The lowest BCUT2D eigenvalue weighted by Crippen LogP contribution is -2.37. The summed E-state index contributed by atoms with van der Waals surface area (Å²) in [5.74, 6) is 0.998. The van der Waals surface area contributed by atoms with Crippen molar-refractivity contribution in [3.63, 3.8) is 0 Å². The highest BCUT2D eigenvalue weighted by molar-refractivity contribution is 5.86. The van der Waals surface area contributed by atoms with Crippen LogP contribution in [0.2, 0.25) is 0 Å². The summed E-state index contributed by atoms with van der Waals surface area (Å²) in [6.45, 7) is 1.99. The van der Waals surface area contributed by atoms with Crippen LogP contribution in [0.1, 0.15) is 25.0 Å². The van der Waals surface area contributed by atoms with E-state index in [1.54, 1.807) is 12.5 Å². The van der Waals surface area contributed by atoms with Gasteiger partial charge in [0, 0.05) is 31.1 Å². The third-order valence-electron chi connectivity index (χ3n) is 4.74. The predicted octanol–water partition coefficient (Wildman–Crippen LogP) is 2.63. The molecule has 3 aromatic heterocycles. The first-order valence-electron chi connectivity index (χ1n) is 8.40. The lowest BCUT2D eigenvalue weighted by atomic mass is 9.96. The minimum atomic E-state index is -2.73. The van der Waals surface area contributed by atoms with Gasteiger partial charge >= 0.3 is 0 Å². The molecule has 0 unspecified atom stereocenters. The Balaban J connectivity index is 1.43. The van der Waals surface area contributed by atoms with Crippen molar-refractivity contribution >= 4 is 16.8 Å². The van der Waals surface area contributed by atoms with Crippen LogP contribution in [0, 0.1) is 5.92 Å². The van der Waals surface area contributed by atoms with Crippen LogP contribution < -0.4 is 10.5 Å². The summed E-state index contributed by atoms with van der Waals surface area (Å²) in [6, 6.07) is 2.76. The second-order valence-corrected chi connectivity index (χ2v) is 6.41.